The summed E-state index contributed by atoms with van der Waals surface area (Å²) < 4.78 is 33.0. The van der Waals surface area contributed by atoms with Crippen molar-refractivity contribution >= 4 is 12.4 Å². The topological polar surface area (TPSA) is 87.2 Å². The molecule has 104 valence electrons. The van der Waals surface area contributed by atoms with Crippen LogP contribution in [-0.2, 0) is 16.1 Å². The fourth-order valence-corrected chi connectivity index (χ4v) is 1.68. The van der Waals surface area contributed by atoms with Gasteiger partial charge in [-0.15, -0.1) is 0 Å². The largest absolute Gasteiger partial charge is 0.461 e. The Morgan fingerprint density at radius 1 is 1.40 bits per heavy atom. The van der Waals surface area contributed by atoms with Gasteiger partial charge in [0.25, 0.3) is 12.4 Å². The molecule has 2 N–H and O–H groups in total. The molecule has 0 saturated heterocycles. The lowest BCUT2D eigenvalue weighted by molar-refractivity contribution is -0.129. The van der Waals surface area contributed by atoms with Gasteiger partial charge in [-0.1, -0.05) is 0 Å². The summed E-state index contributed by atoms with van der Waals surface area (Å²) in [6.45, 7) is 0.0828. The Bertz CT molecular complexity index is 670. The van der Waals surface area contributed by atoms with Crippen molar-refractivity contribution in [3.8, 4) is 5.69 Å². The van der Waals surface area contributed by atoms with E-state index in [1.54, 1.807) is 0 Å². The lowest BCUT2D eigenvalue weighted by Gasteiger charge is -2.10. The third-order valence-corrected chi connectivity index (χ3v) is 2.58. The summed E-state index contributed by atoms with van der Waals surface area (Å²) >= 11 is 0. The molecule has 6 nitrogen and oxygen atoms in total. The number of amides is 1. The van der Waals surface area contributed by atoms with Gasteiger partial charge in [0.1, 0.15) is 18.2 Å². The molecule has 0 aliphatic heterocycles. The first-order valence-corrected chi connectivity index (χ1v) is 5.40. The van der Waals surface area contributed by atoms with Gasteiger partial charge in [-0.3, -0.25) is 14.2 Å². The van der Waals surface area contributed by atoms with Gasteiger partial charge in [0.15, 0.2) is 0 Å². The smallest absolute Gasteiger partial charge is 0.293 e. The molecule has 0 aliphatic carbocycles. The third-order valence-electron chi connectivity index (χ3n) is 2.58. The van der Waals surface area contributed by atoms with Crippen LogP contribution >= 0.6 is 0 Å². The van der Waals surface area contributed by atoms with E-state index < -0.39 is 23.1 Å². The van der Waals surface area contributed by atoms with E-state index in [0.29, 0.717) is 11.8 Å². The number of primary amides is 1. The molecule has 20 heavy (non-hydrogen) atoms. The molecule has 0 unspecified atom stereocenters. The standard InChI is InChI=1S/C12H9F2N3O3/c13-9-2-10(14)11(1-8(9)12(15)19)17-5-16-3-7(17)4-20-6-18/h1-3,5-6H,4H2,(H2,15,19). The highest BCUT2D eigenvalue weighted by atomic mass is 19.1. The fraction of sp³-hybridized carbons (Fsp3) is 0.0833. The molecule has 0 bridgehead atoms. The maximum Gasteiger partial charge on any atom is 0.293 e. The molecule has 2 rings (SSSR count). The summed E-state index contributed by atoms with van der Waals surface area (Å²) in [6.07, 6.45) is 2.58. The highest BCUT2D eigenvalue weighted by Gasteiger charge is 2.16. The summed E-state index contributed by atoms with van der Waals surface area (Å²) in [6, 6.07) is 1.53. The summed E-state index contributed by atoms with van der Waals surface area (Å²) in [5.74, 6) is -2.98. The van der Waals surface area contributed by atoms with Gasteiger partial charge in [-0.2, -0.15) is 0 Å². The zero-order valence-corrected chi connectivity index (χ0v) is 10.0. The number of aromatic nitrogens is 2. The van der Waals surface area contributed by atoms with Crippen molar-refractivity contribution in [2.24, 2.45) is 5.73 Å². The minimum absolute atomic E-state index is 0.123. The molecular weight excluding hydrogens is 272 g/mol. The maximum atomic E-state index is 13.8. The van der Waals surface area contributed by atoms with E-state index in [1.807, 2.05) is 0 Å². The predicted octanol–water partition coefficient (Wildman–Crippen LogP) is 0.922. The van der Waals surface area contributed by atoms with Gasteiger partial charge in [0.05, 0.1) is 29.5 Å². The predicted molar refractivity (Wildman–Crippen MR) is 62.9 cm³/mol. The summed E-state index contributed by atoms with van der Waals surface area (Å²) in [4.78, 5) is 25.0. The van der Waals surface area contributed by atoms with E-state index in [9.17, 15) is 18.4 Å². The Balaban J connectivity index is 2.52. The third kappa shape index (κ3) is 2.48. The lowest BCUT2D eigenvalue weighted by Crippen LogP contribution is -2.15. The van der Waals surface area contributed by atoms with Crippen LogP contribution < -0.4 is 5.73 Å². The number of imidazole rings is 1. The Hall–Kier alpha value is -2.77. The number of rotatable bonds is 5. The van der Waals surface area contributed by atoms with Crippen LogP contribution in [0.1, 0.15) is 16.1 Å². The second kappa shape index (κ2) is 5.47. The Labute approximate surface area is 111 Å². The van der Waals surface area contributed by atoms with Crippen molar-refractivity contribution in [1.82, 2.24) is 9.55 Å². The zero-order chi connectivity index (χ0) is 14.7. The van der Waals surface area contributed by atoms with Gasteiger partial charge in [-0.05, 0) is 6.07 Å². The summed E-state index contributed by atoms with van der Waals surface area (Å²) in [5.41, 5.74) is 4.78. The average molecular weight is 281 g/mol. The molecule has 1 aromatic carbocycles. The van der Waals surface area contributed by atoms with Crippen molar-refractivity contribution in [2.75, 3.05) is 0 Å². The molecule has 0 aliphatic rings. The highest BCUT2D eigenvalue weighted by Crippen LogP contribution is 2.20. The van der Waals surface area contributed by atoms with Gasteiger partial charge in [-0.25, -0.2) is 13.8 Å². The molecule has 1 amide bonds. The van der Waals surface area contributed by atoms with Crippen molar-refractivity contribution in [1.29, 1.82) is 0 Å². The van der Waals surface area contributed by atoms with Gasteiger partial charge < -0.3 is 10.5 Å². The van der Waals surface area contributed by atoms with Crippen molar-refractivity contribution in [3.05, 3.63) is 47.5 Å². The minimum atomic E-state index is -1.05. The molecule has 1 heterocycles. The van der Waals surface area contributed by atoms with Crippen molar-refractivity contribution in [2.45, 2.75) is 6.61 Å². The van der Waals surface area contributed by atoms with Crippen LogP contribution in [-0.4, -0.2) is 21.9 Å². The van der Waals surface area contributed by atoms with E-state index in [1.165, 1.54) is 17.1 Å². The number of benzene rings is 1. The van der Waals surface area contributed by atoms with Gasteiger partial charge in [0, 0.05) is 6.07 Å². The maximum absolute atomic E-state index is 13.8. The lowest BCUT2D eigenvalue weighted by atomic mass is 10.1. The number of carbonyl (C=O) groups is 2. The number of carbonyl (C=O) groups excluding carboxylic acids is 2. The number of ether oxygens (including phenoxy) is 1. The second-order valence-electron chi connectivity index (χ2n) is 3.81. The number of hydrogen-bond donors (Lipinski definition) is 1. The number of nitrogens with two attached hydrogens (primary N) is 1. The first-order chi connectivity index (χ1) is 9.54. The number of nitrogens with zero attached hydrogens (tertiary/aromatic N) is 2. The van der Waals surface area contributed by atoms with Crippen LogP contribution in [0.4, 0.5) is 8.78 Å². The highest BCUT2D eigenvalue weighted by molar-refractivity contribution is 5.93. The van der Waals surface area contributed by atoms with Crippen LogP contribution in [0, 0.1) is 11.6 Å². The van der Waals surface area contributed by atoms with E-state index in [4.69, 9.17) is 5.73 Å². The molecule has 0 saturated carbocycles. The fourth-order valence-electron chi connectivity index (χ4n) is 1.68. The molecular formula is C12H9F2N3O3. The summed E-state index contributed by atoms with van der Waals surface area (Å²) in [5, 5.41) is 0. The van der Waals surface area contributed by atoms with Crippen molar-refractivity contribution in [3.63, 3.8) is 0 Å². The zero-order valence-electron chi connectivity index (χ0n) is 10.0. The van der Waals surface area contributed by atoms with E-state index >= 15 is 0 Å². The first-order valence-electron chi connectivity index (χ1n) is 5.40. The van der Waals surface area contributed by atoms with Crippen LogP contribution in [0.25, 0.3) is 5.69 Å². The quantitative estimate of drug-likeness (QED) is 0.826. The van der Waals surface area contributed by atoms with E-state index in [-0.39, 0.29) is 18.8 Å². The monoisotopic (exact) mass is 281 g/mol. The van der Waals surface area contributed by atoms with E-state index in [0.717, 1.165) is 6.07 Å². The second-order valence-corrected chi connectivity index (χ2v) is 3.81. The molecule has 0 radical (unpaired) electrons. The summed E-state index contributed by atoms with van der Waals surface area (Å²) in [7, 11) is 0. The molecule has 2 aromatic rings. The normalized spacial score (nSPS) is 10.3. The molecule has 0 spiro atoms. The Morgan fingerprint density at radius 2 is 2.15 bits per heavy atom. The molecule has 0 atom stereocenters. The number of hydrogen-bond acceptors (Lipinski definition) is 4. The van der Waals surface area contributed by atoms with Gasteiger partial charge in [0.2, 0.25) is 0 Å². The van der Waals surface area contributed by atoms with Crippen LogP contribution in [0.5, 0.6) is 0 Å². The SMILES string of the molecule is NC(=O)c1cc(-n2cncc2COC=O)c(F)cc1F. The van der Waals surface area contributed by atoms with E-state index in [2.05, 4.69) is 9.72 Å². The van der Waals surface area contributed by atoms with Crippen LogP contribution in [0.3, 0.4) is 0 Å². The van der Waals surface area contributed by atoms with Crippen LogP contribution in [0.15, 0.2) is 24.7 Å². The molecule has 0 fully saturated rings. The van der Waals surface area contributed by atoms with Gasteiger partial charge >= 0.3 is 0 Å². The minimum Gasteiger partial charge on any atom is -0.461 e. The Morgan fingerprint density at radius 3 is 2.80 bits per heavy atom. The molecule has 1 aromatic heterocycles. The number of halogens is 2. The Kier molecular flexibility index (Phi) is 3.74. The first kappa shape index (κ1) is 13.7. The van der Waals surface area contributed by atoms with Crippen LogP contribution in [0.2, 0.25) is 0 Å². The molecule has 8 heteroatoms. The van der Waals surface area contributed by atoms with Crippen molar-refractivity contribution < 1.29 is 23.1 Å². The average Bonchev–Trinajstić information content (AvgIpc) is 2.84.